The van der Waals surface area contributed by atoms with Gasteiger partial charge in [0, 0.05) is 20.8 Å². The van der Waals surface area contributed by atoms with Crippen LogP contribution in [0.1, 0.15) is 10.4 Å². The summed E-state index contributed by atoms with van der Waals surface area (Å²) in [6, 6.07) is 6.07. The van der Waals surface area contributed by atoms with Crippen LogP contribution in [0.15, 0.2) is 24.3 Å². The van der Waals surface area contributed by atoms with E-state index in [-0.39, 0.29) is 11.3 Å². The lowest BCUT2D eigenvalue weighted by atomic mass is 10.2. The van der Waals surface area contributed by atoms with Crippen LogP contribution in [0.25, 0.3) is 0 Å². The van der Waals surface area contributed by atoms with Gasteiger partial charge >= 0.3 is 18.1 Å². The number of hydrogen-bond acceptors (Lipinski definition) is 3. The molecule has 0 bridgehead atoms. The summed E-state index contributed by atoms with van der Waals surface area (Å²) in [6.07, 6.45) is -4.94. The van der Waals surface area contributed by atoms with Gasteiger partial charge in [0.1, 0.15) is 0 Å². The van der Waals surface area contributed by atoms with Crippen LogP contribution < -0.4 is 4.90 Å². The maximum absolute atomic E-state index is 12.4. The zero-order valence-electron chi connectivity index (χ0n) is 13.5. The number of halogens is 3. The third kappa shape index (κ3) is 6.05. The van der Waals surface area contributed by atoms with Gasteiger partial charge in [0.25, 0.3) is 0 Å². The highest BCUT2D eigenvalue weighted by Gasteiger charge is 2.41. The molecule has 0 spiro atoms. The Morgan fingerprint density at radius 3 is 2.09 bits per heavy atom. The number of carbonyl (C=O) groups is 2. The molecule has 0 saturated carbocycles. The lowest BCUT2D eigenvalue weighted by molar-refractivity contribution is -0.170. The average Bonchev–Trinajstić information content (AvgIpc) is 2.43. The maximum Gasteiger partial charge on any atom is 0.471 e. The summed E-state index contributed by atoms with van der Waals surface area (Å²) < 4.78 is 42.2. The second kappa shape index (κ2) is 7.16. The first-order valence-electron chi connectivity index (χ1n) is 7.04. The minimum Gasteiger partial charge on any atom is -0.462 e. The topological polar surface area (TPSA) is 46.6 Å². The normalized spacial score (nSPS) is 12.0. The largest absolute Gasteiger partial charge is 0.471 e. The van der Waals surface area contributed by atoms with Gasteiger partial charge in [-0.05, 0) is 30.3 Å². The number of hydrogen-bond donors (Lipinski definition) is 0. The van der Waals surface area contributed by atoms with Gasteiger partial charge in [0.05, 0.1) is 12.2 Å². The fourth-order valence-corrected chi connectivity index (χ4v) is 2.38. The Hall–Kier alpha value is -1.83. The average molecular weight is 347 g/mol. The van der Waals surface area contributed by atoms with Gasteiger partial charge in [-0.15, -0.1) is 0 Å². The van der Waals surface area contributed by atoms with Crippen molar-refractivity contribution in [2.75, 3.05) is 18.6 Å². The second-order valence-corrected chi connectivity index (χ2v) is 12.0. The molecule has 23 heavy (non-hydrogen) atoms. The molecule has 1 aromatic rings. The zero-order valence-corrected chi connectivity index (χ0v) is 14.5. The Kier molecular flexibility index (Phi) is 5.98. The highest BCUT2D eigenvalue weighted by molar-refractivity contribution is 6.76. The number of amides is 1. The fourth-order valence-electron chi connectivity index (χ4n) is 1.66. The lowest BCUT2D eigenvalue weighted by Crippen LogP contribution is -2.38. The highest BCUT2D eigenvalue weighted by atomic mass is 28.3. The summed E-state index contributed by atoms with van der Waals surface area (Å²) in [5.41, 5.74) is 0.281. The van der Waals surface area contributed by atoms with E-state index < -0.39 is 26.1 Å². The smallest absolute Gasteiger partial charge is 0.462 e. The van der Waals surface area contributed by atoms with E-state index >= 15 is 0 Å². The summed E-state index contributed by atoms with van der Waals surface area (Å²) in [5, 5.41) is 0. The maximum atomic E-state index is 12.4. The van der Waals surface area contributed by atoms with E-state index in [0.29, 0.717) is 11.5 Å². The first kappa shape index (κ1) is 19.2. The zero-order chi connectivity index (χ0) is 17.8. The van der Waals surface area contributed by atoms with Crippen molar-refractivity contribution in [1.82, 2.24) is 0 Å². The van der Waals surface area contributed by atoms with Crippen LogP contribution in [-0.4, -0.2) is 39.8 Å². The molecule has 1 amide bonds. The summed E-state index contributed by atoms with van der Waals surface area (Å²) in [7, 11) is -0.282. The number of anilines is 1. The summed E-state index contributed by atoms with van der Waals surface area (Å²) in [6.45, 7) is 6.79. The van der Waals surface area contributed by atoms with Crippen molar-refractivity contribution in [2.24, 2.45) is 0 Å². The van der Waals surface area contributed by atoms with Crippen molar-refractivity contribution in [3.05, 3.63) is 29.8 Å². The third-order valence-corrected chi connectivity index (χ3v) is 4.83. The van der Waals surface area contributed by atoms with Crippen molar-refractivity contribution in [1.29, 1.82) is 0 Å². The van der Waals surface area contributed by atoms with Crippen LogP contribution in [0.2, 0.25) is 25.7 Å². The number of alkyl halides is 3. The van der Waals surface area contributed by atoms with Gasteiger partial charge < -0.3 is 9.64 Å². The van der Waals surface area contributed by atoms with Gasteiger partial charge in [0.15, 0.2) is 0 Å². The number of nitrogens with zero attached hydrogens (tertiary/aromatic N) is 1. The fraction of sp³-hybridized carbons (Fsp3) is 0.467. The van der Waals surface area contributed by atoms with E-state index in [2.05, 4.69) is 19.6 Å². The Morgan fingerprint density at radius 1 is 1.13 bits per heavy atom. The number of carbonyl (C=O) groups excluding carboxylic acids is 2. The Bertz CT molecular complexity index is 565. The lowest BCUT2D eigenvalue weighted by Gasteiger charge is -2.19. The van der Waals surface area contributed by atoms with Gasteiger partial charge in [-0.25, -0.2) is 4.79 Å². The van der Waals surface area contributed by atoms with Crippen LogP contribution in [0.5, 0.6) is 0 Å². The number of esters is 1. The van der Waals surface area contributed by atoms with E-state index in [1.165, 1.54) is 24.3 Å². The quantitative estimate of drug-likeness (QED) is 0.603. The summed E-state index contributed by atoms with van der Waals surface area (Å²) >= 11 is 0. The Labute approximate surface area is 134 Å². The summed E-state index contributed by atoms with van der Waals surface area (Å²) in [4.78, 5) is 23.5. The molecule has 128 valence electrons. The van der Waals surface area contributed by atoms with Crippen molar-refractivity contribution >= 4 is 25.6 Å². The Morgan fingerprint density at radius 2 is 1.65 bits per heavy atom. The molecule has 0 unspecified atom stereocenters. The molecule has 4 nitrogen and oxygen atoms in total. The van der Waals surface area contributed by atoms with Gasteiger partial charge in [-0.3, -0.25) is 4.79 Å². The van der Waals surface area contributed by atoms with E-state index in [1.54, 1.807) is 0 Å². The van der Waals surface area contributed by atoms with Crippen molar-refractivity contribution in [3.8, 4) is 0 Å². The molecule has 0 aliphatic carbocycles. The van der Waals surface area contributed by atoms with E-state index in [4.69, 9.17) is 4.74 Å². The van der Waals surface area contributed by atoms with Crippen molar-refractivity contribution in [2.45, 2.75) is 31.9 Å². The predicted molar refractivity (Wildman–Crippen MR) is 84.3 cm³/mol. The molecule has 0 aromatic heterocycles. The predicted octanol–water partition coefficient (Wildman–Crippen LogP) is 3.71. The van der Waals surface area contributed by atoms with E-state index in [1.807, 2.05) is 0 Å². The molecule has 0 N–H and O–H groups in total. The van der Waals surface area contributed by atoms with E-state index in [0.717, 1.165) is 13.1 Å². The molecular weight excluding hydrogens is 327 g/mol. The Balaban J connectivity index is 2.69. The summed E-state index contributed by atoms with van der Waals surface area (Å²) in [5.74, 6) is -2.50. The van der Waals surface area contributed by atoms with Crippen LogP contribution in [0.3, 0.4) is 0 Å². The molecule has 0 fully saturated rings. The standard InChI is InChI=1S/C15H20F3NO3Si/c1-19(14(21)15(16,17)18)12-7-5-11(6-8-12)13(20)22-9-10-23(2,3)4/h5-8H,9-10H2,1-4H3. The van der Waals surface area contributed by atoms with E-state index in [9.17, 15) is 22.8 Å². The van der Waals surface area contributed by atoms with Crippen LogP contribution in [0, 0.1) is 0 Å². The minimum absolute atomic E-state index is 0.0472. The van der Waals surface area contributed by atoms with Gasteiger partial charge in [-0.2, -0.15) is 13.2 Å². The number of benzene rings is 1. The van der Waals surface area contributed by atoms with Crippen molar-refractivity contribution in [3.63, 3.8) is 0 Å². The third-order valence-electron chi connectivity index (χ3n) is 3.12. The highest BCUT2D eigenvalue weighted by Crippen LogP contribution is 2.23. The molecule has 0 heterocycles. The van der Waals surface area contributed by atoms with Crippen molar-refractivity contribution < 1.29 is 27.5 Å². The van der Waals surface area contributed by atoms with Crippen LogP contribution in [0.4, 0.5) is 18.9 Å². The first-order chi connectivity index (χ1) is 10.4. The van der Waals surface area contributed by atoms with Gasteiger partial charge in [-0.1, -0.05) is 19.6 Å². The van der Waals surface area contributed by atoms with Crippen LogP contribution in [-0.2, 0) is 9.53 Å². The van der Waals surface area contributed by atoms with Crippen LogP contribution >= 0.6 is 0 Å². The molecule has 0 radical (unpaired) electrons. The molecule has 0 atom stereocenters. The van der Waals surface area contributed by atoms with Gasteiger partial charge in [0.2, 0.25) is 0 Å². The molecule has 1 aromatic carbocycles. The molecule has 0 saturated heterocycles. The number of rotatable bonds is 5. The molecule has 8 heteroatoms. The second-order valence-electron chi connectivity index (χ2n) is 6.36. The first-order valence-corrected chi connectivity index (χ1v) is 10.7. The molecule has 0 aliphatic rings. The molecular formula is C15H20F3NO3Si. The molecule has 0 aliphatic heterocycles. The monoisotopic (exact) mass is 347 g/mol. The number of ether oxygens (including phenoxy) is 1. The minimum atomic E-state index is -4.94. The molecule has 1 rings (SSSR count). The SMILES string of the molecule is CN(C(=O)C(F)(F)F)c1ccc(C(=O)OCC[Si](C)(C)C)cc1.